The van der Waals surface area contributed by atoms with Crippen LogP contribution in [0.1, 0.15) is 55.7 Å². The molecule has 38 heavy (non-hydrogen) atoms. The molecule has 1 saturated heterocycles. The van der Waals surface area contributed by atoms with Crippen LogP contribution < -0.4 is 10.5 Å². The van der Waals surface area contributed by atoms with Crippen molar-refractivity contribution in [3.8, 4) is 34.9 Å². The number of pyridine rings is 1. The van der Waals surface area contributed by atoms with Crippen molar-refractivity contribution in [3.05, 3.63) is 65.1 Å². The van der Waals surface area contributed by atoms with Crippen LogP contribution in [-0.2, 0) is 4.79 Å². The first kappa shape index (κ1) is 24.3. The monoisotopic (exact) mass is 526 g/mol. The highest BCUT2D eigenvalue weighted by atomic mass is 35.5. The molecule has 1 atom stereocenters. The van der Waals surface area contributed by atoms with Crippen molar-refractivity contribution in [2.75, 3.05) is 18.8 Å². The van der Waals surface area contributed by atoms with Crippen LogP contribution in [0.15, 0.2) is 48.8 Å². The second kappa shape index (κ2) is 9.99. The molecule has 3 aromatic heterocycles. The number of halogens is 1. The molecule has 6 rings (SSSR count). The van der Waals surface area contributed by atoms with Gasteiger partial charge >= 0.3 is 0 Å². The predicted molar refractivity (Wildman–Crippen MR) is 146 cm³/mol. The molecule has 2 N–H and O–H groups in total. The number of aromatic nitrogens is 4. The van der Waals surface area contributed by atoms with Gasteiger partial charge in [-0.1, -0.05) is 17.5 Å². The molecule has 9 heteroatoms. The third-order valence-electron chi connectivity index (χ3n) is 7.15. The van der Waals surface area contributed by atoms with Crippen molar-refractivity contribution in [3.63, 3.8) is 0 Å². The summed E-state index contributed by atoms with van der Waals surface area (Å²) in [6, 6.07) is 11.4. The number of carbonyl (C=O) groups is 1. The Bertz CT molecular complexity index is 1600. The van der Waals surface area contributed by atoms with Gasteiger partial charge in [0.05, 0.1) is 16.2 Å². The average molecular weight is 527 g/mol. The lowest BCUT2D eigenvalue weighted by Gasteiger charge is -2.30. The molecule has 4 heterocycles. The number of carbonyl (C=O) groups excluding carboxylic acids is 1. The summed E-state index contributed by atoms with van der Waals surface area (Å²) in [5, 5.41) is 0.473. The van der Waals surface area contributed by atoms with Gasteiger partial charge in [-0.05, 0) is 74.3 Å². The molecule has 1 amide bonds. The number of piperidine rings is 1. The Labute approximate surface area is 225 Å². The highest BCUT2D eigenvalue weighted by molar-refractivity contribution is 6.33. The first-order chi connectivity index (χ1) is 18.5. The summed E-state index contributed by atoms with van der Waals surface area (Å²) in [5.74, 6) is 7.91. The maximum Gasteiger partial charge on any atom is 0.298 e. The number of nitrogen functional groups attached to an aromatic ring is 1. The summed E-state index contributed by atoms with van der Waals surface area (Å²) in [4.78, 5) is 27.9. The number of nitrogens with zero attached hydrogens (tertiary/aromatic N) is 5. The average Bonchev–Trinajstić information content (AvgIpc) is 3.70. The molecule has 0 radical (unpaired) electrons. The first-order valence-electron chi connectivity index (χ1n) is 12.8. The van der Waals surface area contributed by atoms with E-state index in [0.717, 1.165) is 24.1 Å². The van der Waals surface area contributed by atoms with Crippen molar-refractivity contribution >= 4 is 29.0 Å². The second-order valence-corrected chi connectivity index (χ2v) is 10.2. The fourth-order valence-corrected chi connectivity index (χ4v) is 5.40. The van der Waals surface area contributed by atoms with Gasteiger partial charge in [0, 0.05) is 49.1 Å². The van der Waals surface area contributed by atoms with Crippen LogP contribution in [0.2, 0.25) is 5.02 Å². The number of rotatable bonds is 5. The molecule has 1 saturated carbocycles. The molecule has 8 nitrogen and oxygen atoms in total. The number of nitrogens with two attached hydrogens (primary N) is 1. The Hall–Kier alpha value is -4.09. The molecule has 1 unspecified atom stereocenters. The minimum atomic E-state index is -0.155. The highest BCUT2D eigenvalue weighted by Crippen LogP contribution is 2.41. The molecule has 4 aromatic rings. The summed E-state index contributed by atoms with van der Waals surface area (Å²) >= 11 is 6.79. The Morgan fingerprint density at radius 3 is 2.74 bits per heavy atom. The smallest absolute Gasteiger partial charge is 0.298 e. The predicted octanol–water partition coefficient (Wildman–Crippen LogP) is 5.43. The van der Waals surface area contributed by atoms with Gasteiger partial charge < -0.3 is 15.4 Å². The van der Waals surface area contributed by atoms with Crippen molar-refractivity contribution < 1.29 is 9.53 Å². The zero-order chi connectivity index (χ0) is 26.2. The third kappa shape index (κ3) is 4.66. The van der Waals surface area contributed by atoms with E-state index < -0.39 is 0 Å². The summed E-state index contributed by atoms with van der Waals surface area (Å²) in [7, 11) is 0. The number of fused-ring (bicyclic) bond motifs is 1. The van der Waals surface area contributed by atoms with Gasteiger partial charge in [-0.15, -0.1) is 0 Å². The van der Waals surface area contributed by atoms with Crippen LogP contribution in [0, 0.1) is 11.8 Å². The van der Waals surface area contributed by atoms with Crippen molar-refractivity contribution in [1.29, 1.82) is 0 Å². The largest absolute Gasteiger partial charge is 0.439 e. The number of likely N-dealkylation sites (tertiary alicyclic amines) is 1. The van der Waals surface area contributed by atoms with E-state index in [1.54, 1.807) is 30.3 Å². The van der Waals surface area contributed by atoms with Crippen molar-refractivity contribution in [2.45, 2.75) is 44.4 Å². The molecule has 1 aromatic carbocycles. The van der Waals surface area contributed by atoms with Gasteiger partial charge in [0.1, 0.15) is 11.6 Å². The van der Waals surface area contributed by atoms with Gasteiger partial charge in [-0.3, -0.25) is 9.20 Å². The van der Waals surface area contributed by atoms with Crippen molar-refractivity contribution in [1.82, 2.24) is 24.3 Å². The topological polar surface area (TPSA) is 98.6 Å². The van der Waals surface area contributed by atoms with Gasteiger partial charge in [0.25, 0.3) is 5.91 Å². The van der Waals surface area contributed by atoms with Gasteiger partial charge in [0.2, 0.25) is 11.8 Å². The lowest BCUT2D eigenvalue weighted by molar-refractivity contribution is -0.126. The quantitative estimate of drug-likeness (QED) is 0.348. The highest BCUT2D eigenvalue weighted by Gasteiger charge is 2.29. The summed E-state index contributed by atoms with van der Waals surface area (Å²) in [6.45, 7) is 2.92. The van der Waals surface area contributed by atoms with E-state index in [2.05, 4.69) is 21.8 Å². The van der Waals surface area contributed by atoms with E-state index in [9.17, 15) is 4.79 Å². The molecule has 2 fully saturated rings. The lowest BCUT2D eigenvalue weighted by atomic mass is 9.94. The molecule has 0 spiro atoms. The number of benzene rings is 1. The van der Waals surface area contributed by atoms with Gasteiger partial charge in [-0.25, -0.2) is 15.0 Å². The van der Waals surface area contributed by atoms with E-state index in [0.29, 0.717) is 53.0 Å². The standard InChI is InChI=1S/C29H27ClN6O2/c1-2-4-26(37)35-14-3-5-20(17-35)27-24-11-13-33-29(31)36(24)28(34-27)22-9-8-21(16-23(22)30)38-25-15-19(10-12-32-25)18-6-7-18/h8-13,15-16,18,20H,3,5-7,14,17H2,1H3,(H2,31,33). The Kier molecular flexibility index (Phi) is 6.38. The summed E-state index contributed by atoms with van der Waals surface area (Å²) < 4.78 is 7.85. The fourth-order valence-electron chi connectivity index (χ4n) is 5.15. The molecular weight excluding hydrogens is 500 g/mol. The van der Waals surface area contributed by atoms with E-state index in [-0.39, 0.29) is 11.8 Å². The Balaban J connectivity index is 1.33. The number of ether oxygens (including phenoxy) is 1. The molecular formula is C29H27ClN6O2. The normalized spacial score (nSPS) is 17.2. The third-order valence-corrected chi connectivity index (χ3v) is 7.46. The van der Waals surface area contributed by atoms with E-state index >= 15 is 0 Å². The summed E-state index contributed by atoms with van der Waals surface area (Å²) in [5.41, 5.74) is 10.0. The zero-order valence-corrected chi connectivity index (χ0v) is 21.8. The second-order valence-electron chi connectivity index (χ2n) is 9.76. The molecule has 0 bridgehead atoms. The van der Waals surface area contributed by atoms with Crippen LogP contribution in [-0.4, -0.2) is 43.2 Å². The molecule has 1 aliphatic heterocycles. The maximum absolute atomic E-state index is 12.4. The van der Waals surface area contributed by atoms with Gasteiger partial charge in [-0.2, -0.15) is 0 Å². The zero-order valence-electron chi connectivity index (χ0n) is 21.0. The molecule has 2 aliphatic rings. The summed E-state index contributed by atoms with van der Waals surface area (Å²) in [6.07, 6.45) is 7.66. The number of anilines is 1. The number of imidazole rings is 1. The fraction of sp³-hybridized carbons (Fsp3) is 0.310. The maximum atomic E-state index is 12.4. The number of amides is 1. The van der Waals surface area contributed by atoms with E-state index in [4.69, 9.17) is 27.1 Å². The SMILES string of the molecule is CC#CC(=O)N1CCCC(c2nc(-c3ccc(Oc4cc(C5CC5)ccn4)cc3Cl)n3c(N)nccc23)C1. The first-order valence-corrected chi connectivity index (χ1v) is 13.2. The Morgan fingerprint density at radius 2 is 1.95 bits per heavy atom. The van der Waals surface area contributed by atoms with Crippen LogP contribution in [0.3, 0.4) is 0 Å². The van der Waals surface area contributed by atoms with Crippen LogP contribution in [0.4, 0.5) is 5.95 Å². The van der Waals surface area contributed by atoms with Gasteiger partial charge in [0.15, 0.2) is 0 Å². The van der Waals surface area contributed by atoms with E-state index in [1.165, 1.54) is 18.4 Å². The van der Waals surface area contributed by atoms with Crippen LogP contribution in [0.5, 0.6) is 11.6 Å². The Morgan fingerprint density at radius 1 is 1.11 bits per heavy atom. The lowest BCUT2D eigenvalue weighted by Crippen LogP contribution is -2.38. The minimum absolute atomic E-state index is 0.0445. The number of hydrogen-bond acceptors (Lipinski definition) is 6. The number of hydrogen-bond donors (Lipinski definition) is 1. The molecule has 1 aliphatic carbocycles. The van der Waals surface area contributed by atoms with Crippen LogP contribution >= 0.6 is 11.6 Å². The minimum Gasteiger partial charge on any atom is -0.439 e. The molecule has 192 valence electrons. The van der Waals surface area contributed by atoms with Crippen molar-refractivity contribution in [2.24, 2.45) is 0 Å². The van der Waals surface area contributed by atoms with Crippen LogP contribution in [0.25, 0.3) is 16.9 Å². The van der Waals surface area contributed by atoms with E-state index in [1.807, 2.05) is 34.7 Å².